The zero-order valence-electron chi connectivity index (χ0n) is 11.3. The molecule has 1 N–H and O–H groups in total. The number of aromatic nitrogens is 1. The van der Waals surface area contributed by atoms with E-state index in [9.17, 15) is 4.79 Å². The predicted molar refractivity (Wildman–Crippen MR) is 71.9 cm³/mol. The number of amides is 1. The number of ether oxygens (including phenoxy) is 1. The van der Waals surface area contributed by atoms with E-state index >= 15 is 0 Å². The van der Waals surface area contributed by atoms with E-state index in [-0.39, 0.29) is 5.91 Å². The lowest BCUT2D eigenvalue weighted by molar-refractivity contribution is 0.0827. The van der Waals surface area contributed by atoms with E-state index in [0.717, 1.165) is 31.8 Å². The van der Waals surface area contributed by atoms with E-state index in [2.05, 4.69) is 10.3 Å². The number of carbonyl (C=O) groups is 1. The Balaban J connectivity index is 2.38. The fourth-order valence-electron chi connectivity index (χ4n) is 1.47. The normalized spacial score (nSPS) is 10.2. The van der Waals surface area contributed by atoms with Crippen LogP contribution in [0.1, 0.15) is 23.2 Å². The van der Waals surface area contributed by atoms with Crippen LogP contribution in [0.15, 0.2) is 18.3 Å². The van der Waals surface area contributed by atoms with E-state index in [1.165, 1.54) is 4.90 Å². The van der Waals surface area contributed by atoms with E-state index < -0.39 is 0 Å². The van der Waals surface area contributed by atoms with E-state index in [0.29, 0.717) is 5.56 Å². The molecule has 0 aliphatic heterocycles. The van der Waals surface area contributed by atoms with Crippen LogP contribution in [0.4, 0.5) is 5.82 Å². The molecule has 1 heterocycles. The zero-order valence-corrected chi connectivity index (χ0v) is 11.3. The topological polar surface area (TPSA) is 54.5 Å². The van der Waals surface area contributed by atoms with Crippen LogP contribution in [0, 0.1) is 0 Å². The average molecular weight is 251 g/mol. The average Bonchev–Trinajstić information content (AvgIpc) is 2.38. The van der Waals surface area contributed by atoms with Crippen molar-refractivity contribution in [3.63, 3.8) is 0 Å². The molecule has 1 amide bonds. The van der Waals surface area contributed by atoms with Crippen molar-refractivity contribution in [2.24, 2.45) is 0 Å². The van der Waals surface area contributed by atoms with Crippen molar-refractivity contribution in [1.29, 1.82) is 0 Å². The van der Waals surface area contributed by atoms with Gasteiger partial charge < -0.3 is 15.0 Å². The van der Waals surface area contributed by atoms with Gasteiger partial charge in [-0.1, -0.05) is 0 Å². The first-order valence-electron chi connectivity index (χ1n) is 6.05. The number of rotatable bonds is 7. The van der Waals surface area contributed by atoms with Gasteiger partial charge in [0.1, 0.15) is 5.82 Å². The van der Waals surface area contributed by atoms with Gasteiger partial charge in [0.2, 0.25) is 0 Å². The van der Waals surface area contributed by atoms with Crippen LogP contribution in [0.25, 0.3) is 0 Å². The van der Waals surface area contributed by atoms with Crippen LogP contribution in [0.5, 0.6) is 0 Å². The minimum absolute atomic E-state index is 0.0332. The highest BCUT2D eigenvalue weighted by Gasteiger charge is 2.07. The molecular formula is C13H21N3O2. The molecule has 0 aliphatic carbocycles. The molecular weight excluding hydrogens is 230 g/mol. The second-order valence-electron chi connectivity index (χ2n) is 4.26. The Labute approximate surface area is 108 Å². The Morgan fingerprint density at radius 2 is 2.17 bits per heavy atom. The van der Waals surface area contributed by atoms with Crippen molar-refractivity contribution in [3.8, 4) is 0 Å². The minimum atomic E-state index is -0.0332. The molecule has 0 saturated heterocycles. The molecule has 1 aromatic rings. The van der Waals surface area contributed by atoms with Crippen molar-refractivity contribution in [2.45, 2.75) is 12.8 Å². The van der Waals surface area contributed by atoms with Crippen molar-refractivity contribution < 1.29 is 9.53 Å². The number of pyridine rings is 1. The summed E-state index contributed by atoms with van der Waals surface area (Å²) in [7, 11) is 5.16. The highest BCUT2D eigenvalue weighted by atomic mass is 16.5. The lowest BCUT2D eigenvalue weighted by Crippen LogP contribution is -2.21. The van der Waals surface area contributed by atoms with Crippen molar-refractivity contribution in [3.05, 3.63) is 23.9 Å². The number of methoxy groups -OCH3 is 1. The maximum absolute atomic E-state index is 11.6. The molecule has 5 heteroatoms. The number of anilines is 1. The van der Waals surface area contributed by atoms with Gasteiger partial charge in [-0.05, 0) is 25.0 Å². The smallest absolute Gasteiger partial charge is 0.254 e. The van der Waals surface area contributed by atoms with Crippen molar-refractivity contribution >= 4 is 11.7 Å². The Kier molecular flexibility index (Phi) is 6.14. The Hall–Kier alpha value is -1.62. The number of unbranched alkanes of at least 4 members (excludes halogenated alkanes) is 1. The van der Waals surface area contributed by atoms with Crippen LogP contribution in [0.3, 0.4) is 0 Å². The quantitative estimate of drug-likeness (QED) is 0.748. The van der Waals surface area contributed by atoms with Gasteiger partial charge in [-0.15, -0.1) is 0 Å². The fourth-order valence-corrected chi connectivity index (χ4v) is 1.47. The monoisotopic (exact) mass is 251 g/mol. The summed E-state index contributed by atoms with van der Waals surface area (Å²) in [5.74, 6) is 0.761. The SMILES string of the molecule is COCCCCNc1ccc(C(=O)N(C)C)cn1. The van der Waals surface area contributed by atoms with Gasteiger partial charge >= 0.3 is 0 Å². The van der Waals surface area contributed by atoms with Crippen LogP contribution in [0.2, 0.25) is 0 Å². The second kappa shape index (κ2) is 7.66. The summed E-state index contributed by atoms with van der Waals surface area (Å²) in [6.45, 7) is 1.64. The lowest BCUT2D eigenvalue weighted by Gasteiger charge is -2.10. The van der Waals surface area contributed by atoms with E-state index in [1.807, 2.05) is 6.07 Å². The summed E-state index contributed by atoms with van der Waals surface area (Å²) in [4.78, 5) is 17.4. The van der Waals surface area contributed by atoms with Gasteiger partial charge in [0.15, 0.2) is 0 Å². The molecule has 0 saturated carbocycles. The number of nitrogens with one attached hydrogen (secondary N) is 1. The number of hydrogen-bond acceptors (Lipinski definition) is 4. The Morgan fingerprint density at radius 1 is 1.39 bits per heavy atom. The standard InChI is InChI=1S/C13H21N3O2/c1-16(2)13(17)11-6-7-12(15-10-11)14-8-4-5-9-18-3/h6-7,10H,4-5,8-9H2,1-3H3,(H,14,15). The van der Waals surface area contributed by atoms with Gasteiger partial charge in [0, 0.05) is 40.6 Å². The zero-order chi connectivity index (χ0) is 13.4. The van der Waals surface area contributed by atoms with Crippen LogP contribution in [-0.2, 0) is 4.74 Å². The fraction of sp³-hybridized carbons (Fsp3) is 0.538. The predicted octanol–water partition coefficient (Wildman–Crippen LogP) is 1.62. The van der Waals surface area contributed by atoms with Gasteiger partial charge in [-0.25, -0.2) is 4.98 Å². The molecule has 0 radical (unpaired) electrons. The van der Waals surface area contributed by atoms with Gasteiger partial charge in [-0.2, -0.15) is 0 Å². The molecule has 0 unspecified atom stereocenters. The van der Waals surface area contributed by atoms with Crippen molar-refractivity contribution in [2.75, 3.05) is 39.7 Å². The molecule has 0 aromatic carbocycles. The first-order valence-corrected chi connectivity index (χ1v) is 6.05. The summed E-state index contributed by atoms with van der Waals surface area (Å²) < 4.78 is 4.97. The first-order chi connectivity index (χ1) is 8.65. The molecule has 100 valence electrons. The summed E-state index contributed by atoms with van der Waals surface area (Å²) >= 11 is 0. The second-order valence-corrected chi connectivity index (χ2v) is 4.26. The third-order valence-corrected chi connectivity index (χ3v) is 2.50. The Bertz CT molecular complexity index is 363. The minimum Gasteiger partial charge on any atom is -0.385 e. The summed E-state index contributed by atoms with van der Waals surface area (Å²) in [6.07, 6.45) is 3.66. The molecule has 0 spiro atoms. The van der Waals surface area contributed by atoms with Gasteiger partial charge in [0.25, 0.3) is 5.91 Å². The molecule has 18 heavy (non-hydrogen) atoms. The third kappa shape index (κ3) is 4.71. The first kappa shape index (κ1) is 14.4. The molecule has 1 aromatic heterocycles. The molecule has 1 rings (SSSR count). The number of carbonyl (C=O) groups excluding carboxylic acids is 1. The maximum atomic E-state index is 11.6. The van der Waals surface area contributed by atoms with Crippen LogP contribution in [-0.4, -0.2) is 50.1 Å². The molecule has 0 atom stereocenters. The summed E-state index contributed by atoms with van der Waals surface area (Å²) in [5.41, 5.74) is 0.602. The number of nitrogens with zero attached hydrogens (tertiary/aromatic N) is 2. The largest absolute Gasteiger partial charge is 0.385 e. The molecule has 0 fully saturated rings. The maximum Gasteiger partial charge on any atom is 0.254 e. The van der Waals surface area contributed by atoms with Gasteiger partial charge in [-0.3, -0.25) is 4.79 Å². The van der Waals surface area contributed by atoms with Crippen LogP contribution >= 0.6 is 0 Å². The molecule has 5 nitrogen and oxygen atoms in total. The third-order valence-electron chi connectivity index (χ3n) is 2.50. The van der Waals surface area contributed by atoms with Gasteiger partial charge in [0.05, 0.1) is 5.56 Å². The summed E-state index contributed by atoms with van der Waals surface area (Å²) in [6, 6.07) is 3.61. The lowest BCUT2D eigenvalue weighted by atomic mass is 10.2. The highest BCUT2D eigenvalue weighted by molar-refractivity contribution is 5.93. The van der Waals surface area contributed by atoms with Crippen molar-refractivity contribution in [1.82, 2.24) is 9.88 Å². The number of hydrogen-bond donors (Lipinski definition) is 1. The van der Waals surface area contributed by atoms with E-state index in [4.69, 9.17) is 4.74 Å². The highest BCUT2D eigenvalue weighted by Crippen LogP contribution is 2.07. The van der Waals surface area contributed by atoms with Crippen LogP contribution < -0.4 is 5.32 Å². The molecule has 0 aliphatic rings. The summed E-state index contributed by atoms with van der Waals surface area (Å²) in [5, 5.41) is 3.21. The Morgan fingerprint density at radius 3 is 2.72 bits per heavy atom. The van der Waals surface area contributed by atoms with E-state index in [1.54, 1.807) is 33.5 Å². The molecule has 0 bridgehead atoms.